The van der Waals surface area contributed by atoms with E-state index in [1.165, 1.54) is 0 Å². The van der Waals surface area contributed by atoms with Gasteiger partial charge in [-0.25, -0.2) is 0 Å². The van der Waals surface area contributed by atoms with Crippen LogP contribution < -0.4 is 10.3 Å². The number of benzene rings is 2. The predicted molar refractivity (Wildman–Crippen MR) is 123 cm³/mol. The fraction of sp³-hybridized carbons (Fsp3) is 0.346. The Morgan fingerprint density at radius 1 is 1.00 bits per heavy atom. The molecule has 0 saturated carbocycles. The third-order valence-electron chi connectivity index (χ3n) is 6.90. The molecule has 0 N–H and O–H groups in total. The molecule has 1 atom stereocenters. The summed E-state index contributed by atoms with van der Waals surface area (Å²) in [5.41, 5.74) is 2.08. The number of rotatable bonds is 4. The first-order valence-electron chi connectivity index (χ1n) is 11.2. The number of likely N-dealkylation sites (N-methyl/N-ethyl adjacent to an activating group) is 1. The first-order chi connectivity index (χ1) is 15.4. The van der Waals surface area contributed by atoms with Gasteiger partial charge in [-0.2, -0.15) is 0 Å². The first kappa shape index (κ1) is 20.5. The van der Waals surface area contributed by atoms with Crippen molar-refractivity contribution in [1.29, 1.82) is 0 Å². The average Bonchev–Trinajstić information content (AvgIpc) is 3.18. The van der Waals surface area contributed by atoms with E-state index in [-0.39, 0.29) is 22.7 Å². The van der Waals surface area contributed by atoms with Crippen molar-refractivity contribution < 1.29 is 14.0 Å². The van der Waals surface area contributed by atoms with Gasteiger partial charge in [-0.15, -0.1) is 0 Å². The van der Waals surface area contributed by atoms with Gasteiger partial charge in [0.15, 0.2) is 11.0 Å². The summed E-state index contributed by atoms with van der Waals surface area (Å²) in [7, 11) is 0. The van der Waals surface area contributed by atoms with E-state index >= 15 is 0 Å². The zero-order chi connectivity index (χ0) is 22.8. The smallest absolute Gasteiger partial charge is 0.291 e. The number of aryl methyl sites for hydroxylation is 2. The Morgan fingerprint density at radius 3 is 2.44 bits per heavy atom. The minimum absolute atomic E-state index is 0.0111. The number of amides is 2. The highest BCUT2D eigenvalue weighted by molar-refractivity contribution is 6.17. The predicted octanol–water partition coefficient (Wildman–Crippen LogP) is 4.28. The highest BCUT2D eigenvalue weighted by Crippen LogP contribution is 2.52. The normalized spacial score (nSPS) is 19.4. The van der Waals surface area contributed by atoms with E-state index in [1.54, 1.807) is 21.9 Å². The van der Waals surface area contributed by atoms with Crippen LogP contribution in [-0.4, -0.2) is 29.8 Å². The molecule has 0 aliphatic carbocycles. The molecule has 6 nitrogen and oxygen atoms in total. The molecule has 32 heavy (non-hydrogen) atoms. The van der Waals surface area contributed by atoms with Crippen LogP contribution in [0.3, 0.4) is 0 Å². The van der Waals surface area contributed by atoms with Gasteiger partial charge in [0.05, 0.1) is 16.6 Å². The molecule has 2 aliphatic heterocycles. The molecule has 3 aromatic rings. The summed E-state index contributed by atoms with van der Waals surface area (Å²) in [5.74, 6) is -0.672. The molecular weight excluding hydrogens is 404 g/mol. The number of carbonyl (C=O) groups is 2. The molecule has 0 radical (unpaired) electrons. The quantitative estimate of drug-likeness (QED) is 0.620. The van der Waals surface area contributed by atoms with Gasteiger partial charge in [0, 0.05) is 18.7 Å². The molecular formula is C26H26N2O4. The number of para-hydroxylation sites is 1. The maximum absolute atomic E-state index is 14.1. The molecule has 5 rings (SSSR count). The first-order valence-corrected chi connectivity index (χ1v) is 11.2. The van der Waals surface area contributed by atoms with Crippen LogP contribution >= 0.6 is 0 Å². The third kappa shape index (κ3) is 2.38. The Hall–Kier alpha value is -3.41. The van der Waals surface area contributed by atoms with E-state index in [1.807, 2.05) is 52.0 Å². The molecule has 0 saturated heterocycles. The largest absolute Gasteiger partial charge is 0.450 e. The van der Waals surface area contributed by atoms with E-state index in [2.05, 4.69) is 0 Å². The van der Waals surface area contributed by atoms with Crippen LogP contribution in [0.15, 0.2) is 45.6 Å². The lowest BCUT2D eigenvalue weighted by Crippen LogP contribution is -2.53. The summed E-state index contributed by atoms with van der Waals surface area (Å²) < 4.78 is 6.10. The number of hydrogen-bond donors (Lipinski definition) is 0. The minimum Gasteiger partial charge on any atom is -0.450 e. The van der Waals surface area contributed by atoms with Gasteiger partial charge in [0.2, 0.25) is 5.76 Å². The molecule has 1 aromatic heterocycles. The number of unbranched alkanes of at least 4 members (excludes halogenated alkanes) is 1. The molecule has 6 heteroatoms. The van der Waals surface area contributed by atoms with Crippen LogP contribution in [0.25, 0.3) is 11.0 Å². The fourth-order valence-electron chi connectivity index (χ4n) is 5.18. The van der Waals surface area contributed by atoms with Crippen LogP contribution in [-0.2, 0) is 10.3 Å². The second-order valence-electron chi connectivity index (χ2n) is 8.66. The third-order valence-corrected chi connectivity index (χ3v) is 6.90. The van der Waals surface area contributed by atoms with Gasteiger partial charge < -0.3 is 14.2 Å². The molecule has 2 aromatic carbocycles. The highest BCUT2D eigenvalue weighted by Gasteiger charge is 2.64. The fourth-order valence-corrected chi connectivity index (χ4v) is 5.18. The van der Waals surface area contributed by atoms with Gasteiger partial charge in [-0.3, -0.25) is 14.4 Å². The van der Waals surface area contributed by atoms with E-state index < -0.39 is 11.4 Å². The highest BCUT2D eigenvalue weighted by atomic mass is 16.3. The zero-order valence-electron chi connectivity index (χ0n) is 18.8. The van der Waals surface area contributed by atoms with Crippen LogP contribution in [0.5, 0.6) is 0 Å². The van der Waals surface area contributed by atoms with Crippen molar-refractivity contribution in [2.24, 2.45) is 0 Å². The lowest BCUT2D eigenvalue weighted by atomic mass is 9.83. The van der Waals surface area contributed by atoms with Gasteiger partial charge in [-0.05, 0) is 56.5 Å². The Balaban J connectivity index is 1.92. The molecule has 1 spiro atoms. The van der Waals surface area contributed by atoms with Gasteiger partial charge in [0.25, 0.3) is 11.8 Å². The molecule has 0 fully saturated rings. The Labute approximate surface area is 186 Å². The number of hydrogen-bond acceptors (Lipinski definition) is 4. The second kappa shape index (κ2) is 7.05. The monoisotopic (exact) mass is 430 g/mol. The molecule has 164 valence electrons. The van der Waals surface area contributed by atoms with Crippen molar-refractivity contribution in [3.05, 3.63) is 74.6 Å². The molecule has 3 heterocycles. The zero-order valence-corrected chi connectivity index (χ0v) is 18.8. The maximum Gasteiger partial charge on any atom is 0.291 e. The Kier molecular flexibility index (Phi) is 4.52. The lowest BCUT2D eigenvalue weighted by Gasteiger charge is -2.34. The van der Waals surface area contributed by atoms with Gasteiger partial charge >= 0.3 is 0 Å². The molecule has 1 unspecified atom stereocenters. The topological polar surface area (TPSA) is 70.8 Å². The van der Waals surface area contributed by atoms with Crippen LogP contribution in [0.2, 0.25) is 0 Å². The van der Waals surface area contributed by atoms with Gasteiger partial charge in [-0.1, -0.05) is 31.5 Å². The Bertz CT molecular complexity index is 1360. The Morgan fingerprint density at radius 2 is 1.72 bits per heavy atom. The molecule has 2 aliphatic rings. The standard InChI is InChI=1S/C26H26N2O4/c1-5-7-12-28-24(30)23-21(22(29)17-13-15(3)16(4)14-20(17)32-23)26(28)18-10-8-9-11-19(18)27(6-2)25(26)31/h8-11,13-14H,5-7,12H2,1-4H3. The van der Waals surface area contributed by atoms with Crippen LogP contribution in [0.1, 0.15) is 59.5 Å². The van der Waals surface area contributed by atoms with Crippen LogP contribution in [0, 0.1) is 13.8 Å². The SMILES string of the molecule is CCCCN1C(=O)c2oc3cc(C)c(C)cc3c(=O)c2C12C(=O)N(CC)c1ccccc12. The van der Waals surface area contributed by atoms with E-state index in [0.29, 0.717) is 29.6 Å². The van der Waals surface area contributed by atoms with Gasteiger partial charge in [0.1, 0.15) is 5.58 Å². The summed E-state index contributed by atoms with van der Waals surface area (Å²) in [6.45, 7) is 8.62. The van der Waals surface area contributed by atoms with E-state index in [9.17, 15) is 14.4 Å². The average molecular weight is 431 g/mol. The number of fused-ring (bicyclic) bond motifs is 5. The summed E-state index contributed by atoms with van der Waals surface area (Å²) in [6, 6.07) is 11.0. The second-order valence-corrected chi connectivity index (χ2v) is 8.66. The summed E-state index contributed by atoms with van der Waals surface area (Å²) in [5, 5.41) is 0.400. The van der Waals surface area contributed by atoms with Crippen molar-refractivity contribution in [2.45, 2.75) is 46.1 Å². The number of nitrogens with zero attached hydrogens (tertiary/aromatic N) is 2. The van der Waals surface area contributed by atoms with Crippen molar-refractivity contribution in [1.82, 2.24) is 4.90 Å². The minimum atomic E-state index is -1.48. The summed E-state index contributed by atoms with van der Waals surface area (Å²) >= 11 is 0. The maximum atomic E-state index is 14.1. The van der Waals surface area contributed by atoms with E-state index in [4.69, 9.17) is 4.42 Å². The van der Waals surface area contributed by atoms with Crippen molar-refractivity contribution in [2.75, 3.05) is 18.0 Å². The van der Waals surface area contributed by atoms with Crippen molar-refractivity contribution >= 4 is 28.5 Å². The summed E-state index contributed by atoms with van der Waals surface area (Å²) in [4.78, 5) is 44.9. The van der Waals surface area contributed by atoms with E-state index in [0.717, 1.165) is 29.7 Å². The van der Waals surface area contributed by atoms with Crippen molar-refractivity contribution in [3.63, 3.8) is 0 Å². The molecule has 0 bridgehead atoms. The number of carbonyl (C=O) groups excluding carboxylic acids is 2. The summed E-state index contributed by atoms with van der Waals surface area (Å²) in [6.07, 6.45) is 1.57. The van der Waals surface area contributed by atoms with Crippen LogP contribution in [0.4, 0.5) is 5.69 Å². The number of anilines is 1. The van der Waals surface area contributed by atoms with Crippen molar-refractivity contribution in [3.8, 4) is 0 Å². The molecule has 2 amide bonds. The lowest BCUT2D eigenvalue weighted by molar-refractivity contribution is -0.126.